The van der Waals surface area contributed by atoms with Gasteiger partial charge >= 0.3 is 0 Å². The van der Waals surface area contributed by atoms with Crippen LogP contribution in [0.1, 0.15) is 42.2 Å². The van der Waals surface area contributed by atoms with Gasteiger partial charge in [0, 0.05) is 23.0 Å². The second-order valence-electron chi connectivity index (χ2n) is 4.96. The first-order valence-corrected chi connectivity index (χ1v) is 6.38. The Morgan fingerprint density at radius 1 is 1.35 bits per heavy atom. The molecule has 0 saturated carbocycles. The number of hydrogen-bond acceptors (Lipinski definition) is 3. The van der Waals surface area contributed by atoms with Gasteiger partial charge in [0.05, 0.1) is 13.7 Å². The lowest BCUT2D eigenvalue weighted by Gasteiger charge is -2.19. The van der Waals surface area contributed by atoms with Crippen LogP contribution >= 0.6 is 0 Å². The zero-order valence-corrected chi connectivity index (χ0v) is 10.2. The first-order valence-electron chi connectivity index (χ1n) is 6.38. The Hall–Kier alpha value is -1.22. The molecule has 0 bridgehead atoms. The quantitative estimate of drug-likeness (QED) is 0.853. The highest BCUT2D eigenvalue weighted by Gasteiger charge is 2.34. The van der Waals surface area contributed by atoms with Crippen LogP contribution in [0.5, 0.6) is 11.5 Å². The molecule has 1 aromatic rings. The van der Waals surface area contributed by atoms with Crippen LogP contribution in [0, 0.1) is 0 Å². The molecule has 1 aliphatic carbocycles. The molecule has 0 saturated heterocycles. The van der Waals surface area contributed by atoms with Gasteiger partial charge < -0.3 is 15.2 Å². The molecule has 2 N–H and O–H groups in total. The lowest BCUT2D eigenvalue weighted by atomic mass is 9.89. The summed E-state index contributed by atoms with van der Waals surface area (Å²) in [6, 6.07) is 4.06. The van der Waals surface area contributed by atoms with Crippen molar-refractivity contribution in [3.63, 3.8) is 0 Å². The summed E-state index contributed by atoms with van der Waals surface area (Å²) in [6.45, 7) is 1.52. The molecule has 3 rings (SSSR count). The Morgan fingerprint density at radius 2 is 2.24 bits per heavy atom. The van der Waals surface area contributed by atoms with Crippen molar-refractivity contribution in [3.05, 3.63) is 23.3 Å². The number of hydrogen-bond donors (Lipinski definition) is 1. The van der Waals surface area contributed by atoms with Gasteiger partial charge in [-0.05, 0) is 31.5 Å². The van der Waals surface area contributed by atoms with Gasteiger partial charge in [0.2, 0.25) is 0 Å². The molecule has 17 heavy (non-hydrogen) atoms. The molecule has 3 heteroatoms. The smallest absolute Gasteiger partial charge is 0.123 e. The van der Waals surface area contributed by atoms with Crippen LogP contribution < -0.4 is 15.2 Å². The second kappa shape index (κ2) is 4.22. The van der Waals surface area contributed by atoms with E-state index in [1.54, 1.807) is 7.11 Å². The largest absolute Gasteiger partial charge is 0.496 e. The van der Waals surface area contributed by atoms with Gasteiger partial charge in [-0.2, -0.15) is 0 Å². The predicted octanol–water partition coefficient (Wildman–Crippen LogP) is 2.40. The highest BCUT2D eigenvalue weighted by molar-refractivity contribution is 5.54. The van der Waals surface area contributed by atoms with Gasteiger partial charge in [0.25, 0.3) is 0 Å². The topological polar surface area (TPSA) is 44.5 Å². The third-order valence-electron chi connectivity index (χ3n) is 4.07. The third-order valence-corrected chi connectivity index (χ3v) is 4.07. The van der Waals surface area contributed by atoms with Crippen molar-refractivity contribution in [1.29, 1.82) is 0 Å². The van der Waals surface area contributed by atoms with E-state index < -0.39 is 0 Å². The minimum absolute atomic E-state index is 0.423. The maximum Gasteiger partial charge on any atom is 0.123 e. The van der Waals surface area contributed by atoms with Crippen LogP contribution in [0.15, 0.2) is 12.1 Å². The summed E-state index contributed by atoms with van der Waals surface area (Å²) >= 11 is 0. The van der Waals surface area contributed by atoms with E-state index in [-0.39, 0.29) is 0 Å². The maximum atomic E-state index is 5.93. The Morgan fingerprint density at radius 3 is 3.00 bits per heavy atom. The highest BCUT2D eigenvalue weighted by Crippen LogP contribution is 2.48. The molecule has 2 aliphatic rings. The fraction of sp³-hybridized carbons (Fsp3) is 0.571. The summed E-state index contributed by atoms with van der Waals surface area (Å²) in [6.07, 6.45) is 3.61. The predicted molar refractivity (Wildman–Crippen MR) is 66.9 cm³/mol. The van der Waals surface area contributed by atoms with E-state index in [0.717, 1.165) is 18.1 Å². The first-order chi connectivity index (χ1) is 8.35. The van der Waals surface area contributed by atoms with Crippen LogP contribution in [0.25, 0.3) is 0 Å². The van der Waals surface area contributed by atoms with Crippen LogP contribution in [-0.2, 0) is 0 Å². The van der Waals surface area contributed by atoms with Crippen LogP contribution in [0.4, 0.5) is 0 Å². The van der Waals surface area contributed by atoms with E-state index in [4.69, 9.17) is 15.2 Å². The minimum atomic E-state index is 0.423. The summed E-state index contributed by atoms with van der Waals surface area (Å²) < 4.78 is 11.3. The molecular formula is C14H19NO2. The van der Waals surface area contributed by atoms with Crippen molar-refractivity contribution >= 4 is 0 Å². The molecule has 92 valence electrons. The van der Waals surface area contributed by atoms with Crippen molar-refractivity contribution in [3.8, 4) is 11.5 Å². The average Bonchev–Trinajstić information content (AvgIpc) is 2.67. The Bertz CT molecular complexity index is 430. The van der Waals surface area contributed by atoms with Gasteiger partial charge in [-0.3, -0.25) is 0 Å². The molecular weight excluding hydrogens is 214 g/mol. The summed E-state index contributed by atoms with van der Waals surface area (Å²) in [7, 11) is 1.74. The van der Waals surface area contributed by atoms with E-state index >= 15 is 0 Å². The highest BCUT2D eigenvalue weighted by atomic mass is 16.5. The molecule has 0 aromatic heterocycles. The lowest BCUT2D eigenvalue weighted by molar-refractivity contribution is 0.322. The number of rotatable bonds is 2. The van der Waals surface area contributed by atoms with Gasteiger partial charge in [-0.15, -0.1) is 0 Å². The van der Waals surface area contributed by atoms with Crippen molar-refractivity contribution in [2.45, 2.75) is 31.1 Å². The first kappa shape index (κ1) is 10.9. The number of nitrogens with two attached hydrogens (primary N) is 1. The van der Waals surface area contributed by atoms with Crippen molar-refractivity contribution in [1.82, 2.24) is 0 Å². The van der Waals surface area contributed by atoms with E-state index in [2.05, 4.69) is 0 Å². The molecule has 0 fully saturated rings. The molecule has 0 unspecified atom stereocenters. The van der Waals surface area contributed by atoms with E-state index in [9.17, 15) is 0 Å². The Kier molecular flexibility index (Phi) is 2.71. The molecule has 2 atom stereocenters. The second-order valence-corrected chi connectivity index (χ2v) is 4.96. The summed E-state index contributed by atoms with van der Waals surface area (Å²) in [4.78, 5) is 0. The van der Waals surface area contributed by atoms with Gasteiger partial charge in [0.15, 0.2) is 0 Å². The summed E-state index contributed by atoms with van der Waals surface area (Å²) in [5.41, 5.74) is 8.62. The van der Waals surface area contributed by atoms with Crippen molar-refractivity contribution in [2.24, 2.45) is 5.73 Å². The summed E-state index contributed by atoms with van der Waals surface area (Å²) in [5, 5.41) is 0. The van der Waals surface area contributed by atoms with Gasteiger partial charge in [-0.25, -0.2) is 0 Å². The Labute approximate surface area is 102 Å². The molecule has 0 amide bonds. The zero-order chi connectivity index (χ0) is 11.8. The van der Waals surface area contributed by atoms with Crippen molar-refractivity contribution in [2.75, 3.05) is 20.3 Å². The zero-order valence-electron chi connectivity index (χ0n) is 10.2. The van der Waals surface area contributed by atoms with E-state index in [0.29, 0.717) is 18.4 Å². The Balaban J connectivity index is 2.19. The molecule has 1 aliphatic heterocycles. The van der Waals surface area contributed by atoms with Crippen LogP contribution in [-0.4, -0.2) is 20.3 Å². The monoisotopic (exact) mass is 233 g/mol. The molecule has 1 aromatic carbocycles. The van der Waals surface area contributed by atoms with E-state index in [1.807, 2.05) is 12.1 Å². The van der Waals surface area contributed by atoms with Crippen LogP contribution in [0.2, 0.25) is 0 Å². The fourth-order valence-electron chi connectivity index (χ4n) is 3.23. The molecule has 1 heterocycles. The standard InChI is InChI=1S/C14H19NO2/c1-16-11-5-6-12-14-10(8-17-12)4-2-3-9(7-15)13(11)14/h5-6,9-10H,2-4,7-8,15H2,1H3/t9-,10+/m0/s1. The SMILES string of the molecule is COc1ccc2c3c1[C@H](CN)CCC[C@@H]3CO2. The number of methoxy groups -OCH3 is 1. The van der Waals surface area contributed by atoms with Crippen molar-refractivity contribution < 1.29 is 9.47 Å². The van der Waals surface area contributed by atoms with Gasteiger partial charge in [0.1, 0.15) is 11.5 Å². The molecule has 3 nitrogen and oxygen atoms in total. The normalized spacial score (nSPS) is 26.0. The maximum absolute atomic E-state index is 5.93. The fourth-order valence-corrected chi connectivity index (χ4v) is 3.23. The van der Waals surface area contributed by atoms with E-state index in [1.165, 1.54) is 30.4 Å². The lowest BCUT2D eigenvalue weighted by Crippen LogP contribution is -2.14. The average molecular weight is 233 g/mol. The number of ether oxygens (including phenoxy) is 2. The minimum Gasteiger partial charge on any atom is -0.496 e. The third kappa shape index (κ3) is 1.61. The molecule has 0 radical (unpaired) electrons. The number of benzene rings is 1. The van der Waals surface area contributed by atoms with Crippen LogP contribution in [0.3, 0.4) is 0 Å². The van der Waals surface area contributed by atoms with Gasteiger partial charge in [-0.1, -0.05) is 6.42 Å². The molecule has 0 spiro atoms. The summed E-state index contributed by atoms with van der Waals surface area (Å²) in [5.74, 6) is 3.00.